The van der Waals surface area contributed by atoms with Crippen LogP contribution in [-0.4, -0.2) is 11.0 Å². The van der Waals surface area contributed by atoms with E-state index in [9.17, 15) is 0 Å². The fourth-order valence-electron chi connectivity index (χ4n) is 4.51. The summed E-state index contributed by atoms with van der Waals surface area (Å²) in [6, 6.07) is 0. The molecule has 3 saturated carbocycles. The van der Waals surface area contributed by atoms with Gasteiger partial charge in [0.15, 0.2) is 0 Å². The molecule has 0 bridgehead atoms. The van der Waals surface area contributed by atoms with Gasteiger partial charge in [0.25, 0.3) is 0 Å². The van der Waals surface area contributed by atoms with Crippen molar-refractivity contribution >= 4 is 11.8 Å². The zero-order chi connectivity index (χ0) is 9.01. The second-order valence-electron chi connectivity index (χ2n) is 5.88. The lowest BCUT2D eigenvalue weighted by Gasteiger charge is -2.36. The smallest absolute Gasteiger partial charge is 0.0160 e. The van der Waals surface area contributed by atoms with Crippen LogP contribution in [0.5, 0.6) is 0 Å². The molecule has 1 heteroatoms. The van der Waals surface area contributed by atoms with Gasteiger partial charge < -0.3 is 0 Å². The van der Waals surface area contributed by atoms with Crippen molar-refractivity contribution in [3.63, 3.8) is 0 Å². The van der Waals surface area contributed by atoms with Crippen LogP contribution >= 0.6 is 11.8 Å². The fraction of sp³-hybridized carbons (Fsp3) is 0.833. The highest BCUT2D eigenvalue weighted by atomic mass is 32.2. The van der Waals surface area contributed by atoms with Gasteiger partial charge in [-0.05, 0) is 29.6 Å². The Labute approximate surface area is 84.2 Å². The second-order valence-corrected chi connectivity index (χ2v) is 7.01. The zero-order valence-electron chi connectivity index (χ0n) is 8.34. The van der Waals surface area contributed by atoms with Gasteiger partial charge in [-0.15, -0.1) is 0 Å². The van der Waals surface area contributed by atoms with E-state index in [4.69, 9.17) is 0 Å². The minimum Gasteiger partial charge on any atom is -0.157 e. The molecule has 1 heterocycles. The first-order valence-corrected chi connectivity index (χ1v) is 6.47. The molecule has 4 rings (SSSR count). The third-order valence-corrected chi connectivity index (χ3v) is 7.35. The Kier molecular flexibility index (Phi) is 0.934. The van der Waals surface area contributed by atoms with Crippen molar-refractivity contribution in [2.75, 3.05) is 5.75 Å². The van der Waals surface area contributed by atoms with E-state index < -0.39 is 0 Å². The lowest BCUT2D eigenvalue weighted by atomic mass is 9.73. The van der Waals surface area contributed by atoms with Crippen LogP contribution in [0.3, 0.4) is 0 Å². The highest BCUT2D eigenvalue weighted by molar-refractivity contribution is 8.02. The average molecular weight is 192 g/mol. The molecule has 13 heavy (non-hydrogen) atoms. The van der Waals surface area contributed by atoms with Crippen molar-refractivity contribution in [3.05, 3.63) is 12.2 Å². The standard InChI is InChI=1S/C12H16S/c1-6-7(2)12-5-13-10(12)9(12)11(3)4-8(6)11/h7-10H,1,4-5H2,2-3H3/t7?,8-,9?,10?,11?,12?/m0/s1. The predicted molar refractivity (Wildman–Crippen MR) is 56.7 cm³/mol. The maximum atomic E-state index is 4.34. The highest BCUT2D eigenvalue weighted by Crippen LogP contribution is 2.88. The van der Waals surface area contributed by atoms with Gasteiger partial charge >= 0.3 is 0 Å². The van der Waals surface area contributed by atoms with E-state index >= 15 is 0 Å². The lowest BCUT2D eigenvalue weighted by Crippen LogP contribution is -2.32. The topological polar surface area (TPSA) is 0 Å². The molecule has 1 aliphatic heterocycles. The molecule has 1 saturated heterocycles. The number of allylic oxidation sites excluding steroid dienone is 1. The molecule has 0 N–H and O–H groups in total. The Morgan fingerprint density at radius 1 is 1.54 bits per heavy atom. The molecule has 5 unspecified atom stereocenters. The summed E-state index contributed by atoms with van der Waals surface area (Å²) >= 11 is 2.22. The van der Waals surface area contributed by atoms with E-state index in [0.29, 0.717) is 5.41 Å². The summed E-state index contributed by atoms with van der Waals surface area (Å²) < 4.78 is 0. The number of hydrogen-bond donors (Lipinski definition) is 0. The molecular formula is C12H16S. The van der Waals surface area contributed by atoms with E-state index in [2.05, 4.69) is 32.2 Å². The monoisotopic (exact) mass is 192 g/mol. The Morgan fingerprint density at radius 2 is 2.31 bits per heavy atom. The van der Waals surface area contributed by atoms with E-state index in [-0.39, 0.29) is 0 Å². The van der Waals surface area contributed by atoms with Crippen LogP contribution in [0.2, 0.25) is 0 Å². The summed E-state index contributed by atoms with van der Waals surface area (Å²) in [5.74, 6) is 4.26. The molecule has 0 amide bonds. The second kappa shape index (κ2) is 1.64. The predicted octanol–water partition coefficient (Wildman–Crippen LogP) is 2.95. The van der Waals surface area contributed by atoms with E-state index in [1.165, 1.54) is 12.2 Å². The molecule has 0 aromatic rings. The first-order valence-electron chi connectivity index (χ1n) is 5.42. The molecule has 4 fully saturated rings. The summed E-state index contributed by atoms with van der Waals surface area (Å²) in [7, 11) is 0. The number of thioether (sulfide) groups is 1. The number of hydrogen-bond acceptors (Lipinski definition) is 1. The average Bonchev–Trinajstić information content (AvgIpc) is 2.85. The van der Waals surface area contributed by atoms with Crippen LogP contribution in [0.15, 0.2) is 12.2 Å². The highest BCUT2D eigenvalue weighted by Gasteiger charge is 2.85. The van der Waals surface area contributed by atoms with Gasteiger partial charge in [-0.3, -0.25) is 0 Å². The van der Waals surface area contributed by atoms with Gasteiger partial charge in [-0.2, -0.15) is 11.8 Å². The molecule has 6 atom stereocenters. The molecule has 0 radical (unpaired) electrons. The molecule has 3 aliphatic carbocycles. The van der Waals surface area contributed by atoms with Gasteiger partial charge in [0.05, 0.1) is 0 Å². The summed E-state index contributed by atoms with van der Waals surface area (Å²) in [5, 5.41) is 1.04. The number of rotatable bonds is 0. The SMILES string of the molecule is C=C1C(C)C23CSC2C3C2(C)C[C@@H]12. The molecule has 70 valence electrons. The quantitative estimate of drug-likeness (QED) is 0.532. The molecule has 4 aliphatic rings. The third-order valence-electron chi connectivity index (χ3n) is 5.62. The van der Waals surface area contributed by atoms with Crippen LogP contribution in [0, 0.1) is 28.6 Å². The maximum absolute atomic E-state index is 4.34. The third kappa shape index (κ3) is 0.511. The van der Waals surface area contributed by atoms with E-state index in [1.54, 1.807) is 5.57 Å². The first-order chi connectivity index (χ1) is 6.12. The van der Waals surface area contributed by atoms with Crippen LogP contribution in [0.1, 0.15) is 20.3 Å². The minimum atomic E-state index is 0.706. The largest absolute Gasteiger partial charge is 0.157 e. The Bertz CT molecular complexity index is 334. The summed E-state index contributed by atoms with van der Waals surface area (Å²) in [5.41, 5.74) is 3.06. The van der Waals surface area contributed by atoms with Crippen LogP contribution in [0.25, 0.3) is 0 Å². The molecule has 0 nitrogen and oxygen atoms in total. The van der Waals surface area contributed by atoms with Crippen molar-refractivity contribution in [1.29, 1.82) is 0 Å². The van der Waals surface area contributed by atoms with Gasteiger partial charge in [0, 0.05) is 16.4 Å². The van der Waals surface area contributed by atoms with Crippen molar-refractivity contribution in [1.82, 2.24) is 0 Å². The molecule has 1 spiro atoms. The van der Waals surface area contributed by atoms with Crippen LogP contribution in [0.4, 0.5) is 0 Å². The zero-order valence-corrected chi connectivity index (χ0v) is 9.16. The van der Waals surface area contributed by atoms with Crippen molar-refractivity contribution in [3.8, 4) is 0 Å². The van der Waals surface area contributed by atoms with Gasteiger partial charge in [0.1, 0.15) is 0 Å². The summed E-state index contributed by atoms with van der Waals surface area (Å²) in [4.78, 5) is 0. The molecule has 0 aromatic heterocycles. The van der Waals surface area contributed by atoms with Crippen LogP contribution < -0.4 is 0 Å². The van der Waals surface area contributed by atoms with Crippen molar-refractivity contribution in [2.45, 2.75) is 25.5 Å². The van der Waals surface area contributed by atoms with Gasteiger partial charge in [-0.25, -0.2) is 0 Å². The Hall–Kier alpha value is 0.0900. The van der Waals surface area contributed by atoms with Gasteiger partial charge in [-0.1, -0.05) is 26.0 Å². The Morgan fingerprint density at radius 3 is 2.92 bits per heavy atom. The van der Waals surface area contributed by atoms with E-state index in [1.807, 2.05) is 0 Å². The van der Waals surface area contributed by atoms with E-state index in [0.717, 1.165) is 28.4 Å². The van der Waals surface area contributed by atoms with Crippen molar-refractivity contribution in [2.24, 2.45) is 28.6 Å². The first kappa shape index (κ1) is 7.39. The maximum Gasteiger partial charge on any atom is 0.0160 e. The fourth-order valence-corrected chi connectivity index (χ4v) is 6.71. The van der Waals surface area contributed by atoms with Crippen molar-refractivity contribution < 1.29 is 0 Å². The summed E-state index contributed by atoms with van der Waals surface area (Å²) in [6.07, 6.45) is 1.46. The van der Waals surface area contributed by atoms with Crippen LogP contribution in [-0.2, 0) is 0 Å². The normalized spacial score (nSPS) is 71.7. The lowest BCUT2D eigenvalue weighted by molar-refractivity contribution is 0.260. The molecular weight excluding hydrogens is 176 g/mol. The summed E-state index contributed by atoms with van der Waals surface area (Å²) in [6.45, 7) is 9.30. The number of fused-ring (bicyclic) bond motifs is 3. The minimum absolute atomic E-state index is 0.706. The molecule has 0 aromatic carbocycles. The Balaban J connectivity index is 1.85. The van der Waals surface area contributed by atoms with Gasteiger partial charge in [0.2, 0.25) is 0 Å².